The van der Waals surface area contributed by atoms with Crippen LogP contribution in [-0.4, -0.2) is 32.3 Å². The molecule has 0 saturated heterocycles. The molecule has 0 aromatic heterocycles. The van der Waals surface area contributed by atoms with Crippen LogP contribution < -0.4 is 4.74 Å². The number of aryl methyl sites for hydroxylation is 1. The van der Waals surface area contributed by atoms with Crippen LogP contribution >= 0.6 is 0 Å². The zero-order valence-corrected chi connectivity index (χ0v) is 11.1. The van der Waals surface area contributed by atoms with Crippen molar-refractivity contribution in [2.75, 3.05) is 14.2 Å². The minimum absolute atomic E-state index is 0.510. The molecule has 0 aliphatic rings. The lowest BCUT2D eigenvalue weighted by atomic mass is 10.2. The third-order valence-electron chi connectivity index (χ3n) is 2.33. The summed E-state index contributed by atoms with van der Waals surface area (Å²) in [6, 6.07) is 7.18. The third kappa shape index (κ3) is 4.83. The first kappa shape index (κ1) is 14.8. The molecule has 1 aromatic rings. The maximum atomic E-state index is 11.5. The number of hydrogen-bond acceptors (Lipinski definition) is 5. The second-order valence-electron chi connectivity index (χ2n) is 3.76. The van der Waals surface area contributed by atoms with Crippen LogP contribution in [0.15, 0.2) is 36.4 Å². The van der Waals surface area contributed by atoms with Crippen LogP contribution in [-0.2, 0) is 19.1 Å². The summed E-state index contributed by atoms with van der Waals surface area (Å²) in [6.07, 6.45) is 1.42. The SMILES string of the molecule is COC(=O)C=CC(Oc1ccc(C)cc1)C(=O)OC. The van der Waals surface area contributed by atoms with E-state index in [0.29, 0.717) is 5.75 Å². The van der Waals surface area contributed by atoms with E-state index in [2.05, 4.69) is 9.47 Å². The fourth-order valence-electron chi connectivity index (χ4n) is 1.28. The Hall–Kier alpha value is -2.30. The van der Waals surface area contributed by atoms with Crippen LogP contribution in [0.2, 0.25) is 0 Å². The van der Waals surface area contributed by atoms with Crippen LogP contribution in [0.5, 0.6) is 5.75 Å². The second kappa shape index (κ2) is 7.20. The molecule has 0 aliphatic carbocycles. The monoisotopic (exact) mass is 264 g/mol. The number of esters is 2. The second-order valence-corrected chi connectivity index (χ2v) is 3.76. The van der Waals surface area contributed by atoms with Gasteiger partial charge in [0.15, 0.2) is 0 Å². The number of ether oxygens (including phenoxy) is 3. The van der Waals surface area contributed by atoms with Gasteiger partial charge in [0.05, 0.1) is 14.2 Å². The van der Waals surface area contributed by atoms with Crippen LogP contribution in [0.3, 0.4) is 0 Å². The van der Waals surface area contributed by atoms with Crippen molar-refractivity contribution in [1.82, 2.24) is 0 Å². The number of rotatable bonds is 5. The normalized spacial score (nSPS) is 11.9. The van der Waals surface area contributed by atoms with Gasteiger partial charge in [0, 0.05) is 6.08 Å². The van der Waals surface area contributed by atoms with Crippen LogP contribution in [0.25, 0.3) is 0 Å². The number of carbonyl (C=O) groups is 2. The van der Waals surface area contributed by atoms with Gasteiger partial charge in [-0.25, -0.2) is 9.59 Å². The molecule has 1 unspecified atom stereocenters. The topological polar surface area (TPSA) is 61.8 Å². The molecule has 5 nitrogen and oxygen atoms in total. The fraction of sp³-hybridized carbons (Fsp3) is 0.286. The zero-order valence-electron chi connectivity index (χ0n) is 11.1. The first-order chi connectivity index (χ1) is 9.06. The van der Waals surface area contributed by atoms with E-state index >= 15 is 0 Å². The van der Waals surface area contributed by atoms with E-state index < -0.39 is 18.0 Å². The van der Waals surface area contributed by atoms with Gasteiger partial charge in [0.1, 0.15) is 5.75 Å². The van der Waals surface area contributed by atoms with Crippen molar-refractivity contribution < 1.29 is 23.8 Å². The summed E-state index contributed by atoms with van der Waals surface area (Å²) in [6.45, 7) is 1.94. The number of hydrogen-bond donors (Lipinski definition) is 0. The minimum Gasteiger partial charge on any atom is -0.475 e. The molecule has 0 saturated carbocycles. The smallest absolute Gasteiger partial charge is 0.351 e. The van der Waals surface area contributed by atoms with E-state index in [1.54, 1.807) is 12.1 Å². The van der Waals surface area contributed by atoms with Crippen molar-refractivity contribution in [3.8, 4) is 5.75 Å². The molecule has 0 bridgehead atoms. The lowest BCUT2D eigenvalue weighted by Gasteiger charge is -2.13. The molecule has 0 fully saturated rings. The van der Waals surface area contributed by atoms with E-state index in [-0.39, 0.29) is 0 Å². The van der Waals surface area contributed by atoms with E-state index in [4.69, 9.17) is 4.74 Å². The molecule has 0 amide bonds. The summed E-state index contributed by atoms with van der Waals surface area (Å²) in [7, 11) is 2.50. The highest BCUT2D eigenvalue weighted by atomic mass is 16.6. The molecule has 0 N–H and O–H groups in total. The Bertz CT molecular complexity index is 461. The van der Waals surface area contributed by atoms with Crippen molar-refractivity contribution >= 4 is 11.9 Å². The molecule has 1 aromatic carbocycles. The summed E-state index contributed by atoms with van der Waals surface area (Å²) in [5.74, 6) is -0.655. The predicted octanol–water partition coefficient (Wildman–Crippen LogP) is 1.64. The largest absolute Gasteiger partial charge is 0.475 e. The van der Waals surface area contributed by atoms with Crippen molar-refractivity contribution in [1.29, 1.82) is 0 Å². The van der Waals surface area contributed by atoms with Gasteiger partial charge in [0.25, 0.3) is 0 Å². The van der Waals surface area contributed by atoms with E-state index in [9.17, 15) is 9.59 Å². The summed E-state index contributed by atoms with van der Waals surface area (Å²) in [5.41, 5.74) is 1.08. The summed E-state index contributed by atoms with van der Waals surface area (Å²) in [5, 5.41) is 0. The Morgan fingerprint density at radius 3 is 2.26 bits per heavy atom. The molecule has 0 heterocycles. The molecule has 19 heavy (non-hydrogen) atoms. The Morgan fingerprint density at radius 2 is 1.74 bits per heavy atom. The highest BCUT2D eigenvalue weighted by molar-refractivity contribution is 5.84. The molecular weight excluding hydrogens is 248 g/mol. The van der Waals surface area contributed by atoms with Crippen LogP contribution in [0.1, 0.15) is 5.56 Å². The van der Waals surface area contributed by atoms with Crippen LogP contribution in [0.4, 0.5) is 0 Å². The summed E-state index contributed by atoms with van der Waals surface area (Å²) < 4.78 is 14.5. The maximum absolute atomic E-state index is 11.5. The van der Waals surface area contributed by atoms with E-state index in [1.807, 2.05) is 19.1 Å². The van der Waals surface area contributed by atoms with E-state index in [0.717, 1.165) is 11.6 Å². The van der Waals surface area contributed by atoms with Crippen molar-refractivity contribution in [2.45, 2.75) is 13.0 Å². The zero-order chi connectivity index (χ0) is 14.3. The van der Waals surface area contributed by atoms with Crippen molar-refractivity contribution in [2.24, 2.45) is 0 Å². The molecule has 102 valence electrons. The molecule has 1 rings (SSSR count). The predicted molar refractivity (Wildman–Crippen MR) is 68.8 cm³/mol. The fourth-order valence-corrected chi connectivity index (χ4v) is 1.28. The van der Waals surface area contributed by atoms with Gasteiger partial charge in [0.2, 0.25) is 6.10 Å². The molecule has 0 spiro atoms. The number of carbonyl (C=O) groups excluding carboxylic acids is 2. The molecular formula is C14H16O5. The lowest BCUT2D eigenvalue weighted by Crippen LogP contribution is -2.26. The molecule has 0 aliphatic heterocycles. The van der Waals surface area contributed by atoms with E-state index in [1.165, 1.54) is 20.3 Å². The van der Waals surface area contributed by atoms with Crippen molar-refractivity contribution in [3.05, 3.63) is 42.0 Å². The van der Waals surface area contributed by atoms with Gasteiger partial charge in [-0.05, 0) is 25.1 Å². The van der Waals surface area contributed by atoms with Gasteiger partial charge >= 0.3 is 11.9 Å². The Morgan fingerprint density at radius 1 is 1.11 bits per heavy atom. The van der Waals surface area contributed by atoms with Gasteiger partial charge in [-0.2, -0.15) is 0 Å². The Balaban J connectivity index is 2.80. The lowest BCUT2D eigenvalue weighted by molar-refractivity contribution is -0.146. The molecule has 5 heteroatoms. The first-order valence-electron chi connectivity index (χ1n) is 5.64. The van der Waals surface area contributed by atoms with Gasteiger partial charge in [-0.1, -0.05) is 17.7 Å². The summed E-state index contributed by atoms with van der Waals surface area (Å²) >= 11 is 0. The highest BCUT2D eigenvalue weighted by Crippen LogP contribution is 2.14. The van der Waals surface area contributed by atoms with Gasteiger partial charge in [-0.15, -0.1) is 0 Å². The highest BCUT2D eigenvalue weighted by Gasteiger charge is 2.18. The average Bonchev–Trinajstić information content (AvgIpc) is 2.44. The third-order valence-corrected chi connectivity index (χ3v) is 2.33. The standard InChI is InChI=1S/C14H16O5/c1-10-4-6-11(7-5-10)19-12(14(16)18-3)8-9-13(15)17-2/h4-9,12H,1-3H3. The molecule has 0 radical (unpaired) electrons. The Labute approximate surface area is 111 Å². The number of methoxy groups -OCH3 is 2. The van der Waals surface area contributed by atoms with Gasteiger partial charge in [-0.3, -0.25) is 0 Å². The Kier molecular flexibility index (Phi) is 5.60. The van der Waals surface area contributed by atoms with Gasteiger partial charge < -0.3 is 14.2 Å². The molecule has 1 atom stereocenters. The first-order valence-corrected chi connectivity index (χ1v) is 5.64. The number of benzene rings is 1. The average molecular weight is 264 g/mol. The maximum Gasteiger partial charge on any atom is 0.351 e. The minimum atomic E-state index is -0.994. The van der Waals surface area contributed by atoms with Crippen molar-refractivity contribution in [3.63, 3.8) is 0 Å². The quantitative estimate of drug-likeness (QED) is 0.597. The van der Waals surface area contributed by atoms with Crippen LogP contribution in [0, 0.1) is 6.92 Å². The summed E-state index contributed by atoms with van der Waals surface area (Å²) in [4.78, 5) is 22.5.